The number of rotatable bonds is 6. The van der Waals surface area contributed by atoms with Crippen LogP contribution in [0.4, 0.5) is 10.3 Å². The van der Waals surface area contributed by atoms with E-state index < -0.39 is 26.8 Å². The summed E-state index contributed by atoms with van der Waals surface area (Å²) in [5.41, 5.74) is 0.715. The van der Waals surface area contributed by atoms with Gasteiger partial charge in [0.1, 0.15) is 11.9 Å². The molecule has 28 heavy (non-hydrogen) atoms. The Morgan fingerprint density at radius 2 is 2.00 bits per heavy atom. The lowest BCUT2D eigenvalue weighted by Crippen LogP contribution is -2.51. The highest BCUT2D eigenvalue weighted by molar-refractivity contribution is 7.91. The lowest BCUT2D eigenvalue weighted by Gasteiger charge is -2.28. The maximum absolute atomic E-state index is 13.4. The summed E-state index contributed by atoms with van der Waals surface area (Å²) in [7, 11) is -2.48. The zero-order chi connectivity index (χ0) is 20.5. The average molecular weight is 411 g/mol. The van der Waals surface area contributed by atoms with Crippen LogP contribution >= 0.6 is 0 Å². The fraction of sp³-hybridized carbons (Fsp3) is 0.471. The number of benzene rings is 1. The van der Waals surface area contributed by atoms with Crippen molar-refractivity contribution in [1.82, 2.24) is 19.5 Å². The van der Waals surface area contributed by atoms with E-state index in [0.29, 0.717) is 17.1 Å². The largest absolute Gasteiger partial charge is 0.497 e. The maximum atomic E-state index is 13.4. The molecule has 1 aliphatic heterocycles. The van der Waals surface area contributed by atoms with E-state index in [1.165, 1.54) is 13.8 Å². The summed E-state index contributed by atoms with van der Waals surface area (Å²) in [5.74, 6) is 0.315. The first-order valence-corrected chi connectivity index (χ1v) is 10.1. The minimum Gasteiger partial charge on any atom is -0.497 e. The number of carbonyl (C=O) groups is 1. The number of H-pyrrole nitrogens is 1. The lowest BCUT2D eigenvalue weighted by molar-refractivity contribution is -0.118. The molecule has 0 bridgehead atoms. The second-order valence-corrected chi connectivity index (χ2v) is 9.45. The Kier molecular flexibility index (Phi) is 5.39. The van der Waals surface area contributed by atoms with Crippen LogP contribution in [0.5, 0.6) is 5.75 Å². The van der Waals surface area contributed by atoms with E-state index in [9.17, 15) is 17.6 Å². The molecule has 2 heterocycles. The number of aromatic nitrogens is 3. The predicted molar refractivity (Wildman–Crippen MR) is 101 cm³/mol. The first-order valence-electron chi connectivity index (χ1n) is 8.67. The Hall–Kier alpha value is -2.53. The highest BCUT2D eigenvalue weighted by atomic mass is 32.2. The number of amides is 1. The normalized spacial score (nSPS) is 18.2. The molecule has 0 spiro atoms. The lowest BCUT2D eigenvalue weighted by atomic mass is 10.2. The number of nitrogens with one attached hydrogen (secondary N) is 2. The Labute approximate surface area is 162 Å². The highest BCUT2D eigenvalue weighted by Crippen LogP contribution is 2.27. The number of hydrogen-bond acceptors (Lipinski definition) is 6. The number of anilines is 1. The zero-order valence-electron chi connectivity index (χ0n) is 15.8. The molecule has 3 rings (SSSR count). The van der Waals surface area contributed by atoms with Gasteiger partial charge in [-0.15, -0.1) is 10.2 Å². The quantitative estimate of drug-likeness (QED) is 0.745. The van der Waals surface area contributed by atoms with E-state index in [1.807, 2.05) is 0 Å². The van der Waals surface area contributed by atoms with Crippen LogP contribution in [0.2, 0.25) is 0 Å². The van der Waals surface area contributed by atoms with Gasteiger partial charge in [-0.05, 0) is 44.5 Å². The molecular weight excluding hydrogens is 389 g/mol. The van der Waals surface area contributed by atoms with E-state index in [2.05, 4.69) is 20.5 Å². The Morgan fingerprint density at radius 3 is 2.57 bits per heavy atom. The molecule has 152 valence electrons. The molecule has 0 aliphatic carbocycles. The summed E-state index contributed by atoms with van der Waals surface area (Å²) >= 11 is 0. The van der Waals surface area contributed by atoms with Crippen LogP contribution in [0.25, 0.3) is 11.4 Å². The molecule has 0 saturated carbocycles. The summed E-state index contributed by atoms with van der Waals surface area (Å²) < 4.78 is 43.2. The standard InChI is InChI=1S/C17H22FN5O4S/c1-17(2,28(25,26)23-9-8-12(18)10-23)15(24)20-16-19-14(21-22-16)11-4-6-13(27-3)7-5-11/h4-7,12H,8-10H2,1-3H3,(H2,19,20,21,22,24)/t12-/m1/s1. The van der Waals surface area contributed by atoms with E-state index in [4.69, 9.17) is 4.74 Å². The molecule has 1 aromatic heterocycles. The van der Waals surface area contributed by atoms with Crippen LogP contribution in [-0.4, -0.2) is 64.9 Å². The van der Waals surface area contributed by atoms with E-state index in [1.54, 1.807) is 31.4 Å². The van der Waals surface area contributed by atoms with Crippen molar-refractivity contribution in [3.05, 3.63) is 24.3 Å². The van der Waals surface area contributed by atoms with Crippen molar-refractivity contribution < 1.29 is 22.3 Å². The second kappa shape index (κ2) is 7.47. The van der Waals surface area contributed by atoms with Crippen LogP contribution in [0, 0.1) is 0 Å². The summed E-state index contributed by atoms with van der Waals surface area (Å²) in [6.45, 7) is 2.39. The topological polar surface area (TPSA) is 117 Å². The SMILES string of the molecule is COc1ccc(-c2nnc(NC(=O)C(C)(C)S(=O)(=O)N3CC[C@@H](F)C3)[nH]2)cc1. The van der Waals surface area contributed by atoms with Crippen LogP contribution < -0.4 is 10.1 Å². The fourth-order valence-electron chi connectivity index (χ4n) is 2.80. The molecule has 0 radical (unpaired) electrons. The van der Waals surface area contributed by atoms with Gasteiger partial charge in [0.25, 0.3) is 0 Å². The van der Waals surface area contributed by atoms with Crippen molar-refractivity contribution in [1.29, 1.82) is 0 Å². The van der Waals surface area contributed by atoms with Crippen molar-refractivity contribution in [3.63, 3.8) is 0 Å². The van der Waals surface area contributed by atoms with Gasteiger partial charge in [0, 0.05) is 18.7 Å². The minimum absolute atomic E-state index is 0.0175. The summed E-state index contributed by atoms with van der Waals surface area (Å²) in [4.78, 5) is 15.5. The van der Waals surface area contributed by atoms with Gasteiger partial charge in [0.05, 0.1) is 7.11 Å². The molecule has 2 aromatic rings. The monoisotopic (exact) mass is 411 g/mol. The van der Waals surface area contributed by atoms with Crippen molar-refractivity contribution in [2.75, 3.05) is 25.5 Å². The Bertz CT molecular complexity index is 958. The predicted octanol–water partition coefficient (Wildman–Crippen LogP) is 1.57. The molecule has 1 saturated heterocycles. The van der Waals surface area contributed by atoms with Gasteiger partial charge in [0.2, 0.25) is 21.9 Å². The van der Waals surface area contributed by atoms with Crippen molar-refractivity contribution in [2.45, 2.75) is 31.2 Å². The molecule has 9 nitrogen and oxygen atoms in total. The Balaban J connectivity index is 1.74. The average Bonchev–Trinajstić information content (AvgIpc) is 3.31. The summed E-state index contributed by atoms with van der Waals surface area (Å²) in [6, 6.07) is 7.03. The molecule has 1 atom stereocenters. The number of nitrogens with zero attached hydrogens (tertiary/aromatic N) is 3. The number of carbonyl (C=O) groups excluding carboxylic acids is 1. The van der Waals surface area contributed by atoms with Crippen LogP contribution in [0.3, 0.4) is 0 Å². The molecule has 1 aromatic carbocycles. The van der Waals surface area contributed by atoms with Crippen molar-refractivity contribution in [2.24, 2.45) is 0 Å². The van der Waals surface area contributed by atoms with Gasteiger partial charge in [-0.3, -0.25) is 10.1 Å². The molecule has 1 amide bonds. The number of ether oxygens (including phenoxy) is 1. The number of aromatic amines is 1. The van der Waals surface area contributed by atoms with Crippen LogP contribution in [-0.2, 0) is 14.8 Å². The smallest absolute Gasteiger partial charge is 0.249 e. The van der Waals surface area contributed by atoms with Gasteiger partial charge in [-0.2, -0.15) is 4.31 Å². The number of hydrogen-bond donors (Lipinski definition) is 2. The molecular formula is C17H22FN5O4S. The van der Waals surface area contributed by atoms with Crippen LogP contribution in [0.15, 0.2) is 24.3 Å². The first-order chi connectivity index (χ1) is 13.1. The number of sulfonamides is 1. The highest BCUT2D eigenvalue weighted by Gasteiger charge is 2.47. The molecule has 11 heteroatoms. The second-order valence-electron chi connectivity index (χ2n) is 6.96. The minimum atomic E-state index is -4.04. The summed E-state index contributed by atoms with van der Waals surface area (Å²) in [5, 5.41) is 10.2. The van der Waals surface area contributed by atoms with Gasteiger partial charge < -0.3 is 9.72 Å². The zero-order valence-corrected chi connectivity index (χ0v) is 16.6. The van der Waals surface area contributed by atoms with E-state index >= 15 is 0 Å². The Morgan fingerprint density at radius 1 is 1.32 bits per heavy atom. The third-order valence-corrected chi connectivity index (χ3v) is 7.19. The maximum Gasteiger partial charge on any atom is 0.249 e. The third kappa shape index (κ3) is 3.72. The number of halogens is 1. The molecule has 1 fully saturated rings. The number of methoxy groups -OCH3 is 1. The number of alkyl halides is 1. The van der Waals surface area contributed by atoms with Gasteiger partial charge in [0.15, 0.2) is 10.6 Å². The van der Waals surface area contributed by atoms with Crippen molar-refractivity contribution >= 4 is 21.9 Å². The fourth-order valence-corrected chi connectivity index (χ4v) is 4.44. The third-order valence-electron chi connectivity index (χ3n) is 4.71. The molecule has 1 aliphatic rings. The van der Waals surface area contributed by atoms with Gasteiger partial charge in [-0.25, -0.2) is 12.8 Å². The van der Waals surface area contributed by atoms with Gasteiger partial charge in [-0.1, -0.05) is 0 Å². The van der Waals surface area contributed by atoms with Crippen LogP contribution in [0.1, 0.15) is 20.3 Å². The summed E-state index contributed by atoms with van der Waals surface area (Å²) in [6.07, 6.45) is -1.08. The van der Waals surface area contributed by atoms with E-state index in [0.717, 1.165) is 4.31 Å². The van der Waals surface area contributed by atoms with Crippen molar-refractivity contribution in [3.8, 4) is 17.1 Å². The van der Waals surface area contributed by atoms with Gasteiger partial charge >= 0.3 is 0 Å². The van der Waals surface area contributed by atoms with E-state index in [-0.39, 0.29) is 25.5 Å². The molecule has 0 unspecified atom stereocenters. The molecule has 2 N–H and O–H groups in total. The first kappa shape index (κ1) is 20.2.